The minimum atomic E-state index is -0.110. The number of nitrogens with one attached hydrogen (secondary N) is 1. The first-order valence-corrected chi connectivity index (χ1v) is 10.7. The smallest absolute Gasteiger partial charge is 0.239 e. The van der Waals surface area contributed by atoms with Crippen LogP contribution in [-0.4, -0.2) is 42.1 Å². The van der Waals surface area contributed by atoms with E-state index in [1.807, 2.05) is 57.0 Å². The number of likely N-dealkylation sites (N-methyl/N-ethyl adjacent to an activating group) is 1. The van der Waals surface area contributed by atoms with Gasteiger partial charge in [-0.25, -0.2) is 0 Å². The number of benzene rings is 1. The monoisotopic (exact) mass is 408 g/mol. The standard InChI is InChI=1S/C24H32N4O2/c1-17-9-11-21(12-10-17)30-14-13-27(4)16-23(29)26-24-22(15-25)18(2)19(3)28(24)20-7-5-6-8-20/h9-12,20H,5-8,13-14,16H2,1-4H3,(H,26,29). The molecule has 0 saturated heterocycles. The minimum absolute atomic E-state index is 0.110. The number of aromatic nitrogens is 1. The van der Waals surface area contributed by atoms with Gasteiger partial charge in [-0.2, -0.15) is 5.26 Å². The first-order chi connectivity index (χ1) is 14.4. The van der Waals surface area contributed by atoms with Crippen molar-refractivity contribution in [3.63, 3.8) is 0 Å². The molecule has 0 radical (unpaired) electrons. The van der Waals surface area contributed by atoms with Crippen molar-refractivity contribution in [3.05, 3.63) is 46.6 Å². The van der Waals surface area contributed by atoms with Crippen molar-refractivity contribution in [2.24, 2.45) is 0 Å². The molecule has 1 aliphatic rings. The zero-order valence-electron chi connectivity index (χ0n) is 18.5. The minimum Gasteiger partial charge on any atom is -0.492 e. The maximum absolute atomic E-state index is 12.7. The number of carbonyl (C=O) groups is 1. The van der Waals surface area contributed by atoms with Crippen molar-refractivity contribution >= 4 is 11.7 Å². The summed E-state index contributed by atoms with van der Waals surface area (Å²) in [5.41, 5.74) is 3.81. The Hall–Kier alpha value is -2.78. The van der Waals surface area contributed by atoms with Crippen LogP contribution < -0.4 is 10.1 Å². The largest absolute Gasteiger partial charge is 0.492 e. The summed E-state index contributed by atoms with van der Waals surface area (Å²) in [4.78, 5) is 14.7. The lowest BCUT2D eigenvalue weighted by Crippen LogP contribution is -2.33. The number of ether oxygens (including phenoxy) is 1. The Morgan fingerprint density at radius 3 is 2.53 bits per heavy atom. The van der Waals surface area contributed by atoms with Crippen LogP contribution in [-0.2, 0) is 4.79 Å². The van der Waals surface area contributed by atoms with Gasteiger partial charge in [-0.05, 0) is 58.4 Å². The van der Waals surface area contributed by atoms with Crippen molar-refractivity contribution in [2.45, 2.75) is 52.5 Å². The molecule has 1 heterocycles. The van der Waals surface area contributed by atoms with Crippen LogP contribution in [0.1, 0.15) is 54.1 Å². The topological polar surface area (TPSA) is 70.3 Å². The van der Waals surface area contributed by atoms with Gasteiger partial charge in [-0.1, -0.05) is 30.5 Å². The second kappa shape index (κ2) is 9.82. The van der Waals surface area contributed by atoms with Gasteiger partial charge in [-0.3, -0.25) is 9.69 Å². The fourth-order valence-corrected chi connectivity index (χ4v) is 4.16. The molecule has 1 aliphatic carbocycles. The number of rotatable bonds is 8. The molecule has 2 aromatic rings. The van der Waals surface area contributed by atoms with E-state index >= 15 is 0 Å². The first-order valence-electron chi connectivity index (χ1n) is 10.7. The zero-order chi connectivity index (χ0) is 21.7. The molecule has 1 aromatic heterocycles. The highest BCUT2D eigenvalue weighted by Crippen LogP contribution is 2.37. The molecule has 0 spiro atoms. The molecule has 0 aliphatic heterocycles. The fraction of sp³-hybridized carbons (Fsp3) is 0.500. The second-order valence-electron chi connectivity index (χ2n) is 8.30. The number of aryl methyl sites for hydroxylation is 1. The SMILES string of the molecule is Cc1ccc(OCCN(C)CC(=O)Nc2c(C#N)c(C)c(C)n2C2CCCC2)cc1. The van der Waals surface area contributed by atoms with Crippen molar-refractivity contribution < 1.29 is 9.53 Å². The lowest BCUT2D eigenvalue weighted by Gasteiger charge is -2.21. The summed E-state index contributed by atoms with van der Waals surface area (Å²) in [6.07, 6.45) is 4.58. The third-order valence-corrected chi connectivity index (χ3v) is 5.99. The zero-order valence-corrected chi connectivity index (χ0v) is 18.5. The van der Waals surface area contributed by atoms with Gasteiger partial charge in [0.05, 0.1) is 12.1 Å². The predicted molar refractivity (Wildman–Crippen MR) is 119 cm³/mol. The molecule has 3 rings (SSSR count). The van der Waals surface area contributed by atoms with Gasteiger partial charge in [0.25, 0.3) is 0 Å². The van der Waals surface area contributed by atoms with Crippen LogP contribution in [0.3, 0.4) is 0 Å². The molecule has 1 amide bonds. The molecule has 0 unspecified atom stereocenters. The Labute approximate surface area is 179 Å². The Kier molecular flexibility index (Phi) is 7.17. The average molecular weight is 409 g/mol. The molecular weight excluding hydrogens is 376 g/mol. The van der Waals surface area contributed by atoms with E-state index in [2.05, 4.69) is 16.0 Å². The molecule has 1 saturated carbocycles. The Morgan fingerprint density at radius 1 is 1.23 bits per heavy atom. The molecule has 30 heavy (non-hydrogen) atoms. The molecular formula is C24H32N4O2. The maximum atomic E-state index is 12.7. The molecule has 6 nitrogen and oxygen atoms in total. The lowest BCUT2D eigenvalue weighted by atomic mass is 10.2. The highest BCUT2D eigenvalue weighted by Gasteiger charge is 2.26. The Morgan fingerprint density at radius 2 is 1.90 bits per heavy atom. The number of nitriles is 1. The van der Waals surface area contributed by atoms with E-state index in [0.717, 1.165) is 29.8 Å². The quantitative estimate of drug-likeness (QED) is 0.705. The van der Waals surface area contributed by atoms with Gasteiger partial charge in [-0.15, -0.1) is 0 Å². The molecule has 0 bridgehead atoms. The summed E-state index contributed by atoms with van der Waals surface area (Å²) in [7, 11) is 1.90. The van der Waals surface area contributed by atoms with E-state index in [1.54, 1.807) is 0 Å². The molecule has 1 N–H and O–H groups in total. The van der Waals surface area contributed by atoms with Crippen molar-refractivity contribution in [2.75, 3.05) is 32.1 Å². The normalized spacial score (nSPS) is 14.1. The predicted octanol–water partition coefficient (Wildman–Crippen LogP) is 4.35. The Bertz CT molecular complexity index is 918. The first kappa shape index (κ1) is 21.9. The van der Waals surface area contributed by atoms with E-state index < -0.39 is 0 Å². The van der Waals surface area contributed by atoms with Gasteiger partial charge in [0, 0.05) is 18.3 Å². The van der Waals surface area contributed by atoms with Crippen LogP contribution in [0.4, 0.5) is 5.82 Å². The number of hydrogen-bond acceptors (Lipinski definition) is 4. The van der Waals surface area contributed by atoms with E-state index in [4.69, 9.17) is 4.74 Å². The van der Waals surface area contributed by atoms with E-state index in [0.29, 0.717) is 30.6 Å². The maximum Gasteiger partial charge on any atom is 0.239 e. The van der Waals surface area contributed by atoms with Gasteiger partial charge >= 0.3 is 0 Å². The fourth-order valence-electron chi connectivity index (χ4n) is 4.16. The Balaban J connectivity index is 1.59. The van der Waals surface area contributed by atoms with E-state index in [1.165, 1.54) is 18.4 Å². The van der Waals surface area contributed by atoms with Crippen LogP contribution in [0.25, 0.3) is 0 Å². The summed E-state index contributed by atoms with van der Waals surface area (Å²) in [6, 6.07) is 10.6. The number of nitrogens with zero attached hydrogens (tertiary/aromatic N) is 3. The highest BCUT2D eigenvalue weighted by molar-refractivity contribution is 5.93. The van der Waals surface area contributed by atoms with Crippen LogP contribution in [0.2, 0.25) is 0 Å². The summed E-state index contributed by atoms with van der Waals surface area (Å²) in [6.45, 7) is 7.43. The van der Waals surface area contributed by atoms with Crippen molar-refractivity contribution in [3.8, 4) is 11.8 Å². The lowest BCUT2D eigenvalue weighted by molar-refractivity contribution is -0.117. The van der Waals surface area contributed by atoms with E-state index in [-0.39, 0.29) is 12.5 Å². The molecule has 0 atom stereocenters. The van der Waals surface area contributed by atoms with Gasteiger partial charge in [0.2, 0.25) is 5.91 Å². The highest BCUT2D eigenvalue weighted by atomic mass is 16.5. The number of amides is 1. The van der Waals surface area contributed by atoms with Gasteiger partial charge in [0.1, 0.15) is 24.2 Å². The van der Waals surface area contributed by atoms with Gasteiger partial charge in [0.15, 0.2) is 0 Å². The van der Waals surface area contributed by atoms with Crippen molar-refractivity contribution in [1.29, 1.82) is 5.26 Å². The molecule has 6 heteroatoms. The van der Waals surface area contributed by atoms with Crippen LogP contribution in [0.15, 0.2) is 24.3 Å². The number of hydrogen-bond donors (Lipinski definition) is 1. The average Bonchev–Trinajstić information content (AvgIpc) is 3.30. The summed E-state index contributed by atoms with van der Waals surface area (Å²) in [5.74, 6) is 1.38. The summed E-state index contributed by atoms with van der Waals surface area (Å²) in [5, 5.41) is 12.7. The third-order valence-electron chi connectivity index (χ3n) is 5.99. The number of anilines is 1. The molecule has 1 fully saturated rings. The molecule has 1 aromatic carbocycles. The summed E-state index contributed by atoms with van der Waals surface area (Å²) >= 11 is 0. The van der Waals surface area contributed by atoms with Crippen LogP contribution in [0.5, 0.6) is 5.75 Å². The molecule has 160 valence electrons. The van der Waals surface area contributed by atoms with Crippen molar-refractivity contribution in [1.82, 2.24) is 9.47 Å². The second-order valence-corrected chi connectivity index (χ2v) is 8.30. The summed E-state index contributed by atoms with van der Waals surface area (Å²) < 4.78 is 7.93. The third kappa shape index (κ3) is 5.03. The van der Waals surface area contributed by atoms with Crippen LogP contribution >= 0.6 is 0 Å². The number of carbonyl (C=O) groups excluding carboxylic acids is 1. The van der Waals surface area contributed by atoms with Crippen LogP contribution in [0, 0.1) is 32.1 Å². The van der Waals surface area contributed by atoms with Gasteiger partial charge < -0.3 is 14.6 Å². The van der Waals surface area contributed by atoms with E-state index in [9.17, 15) is 10.1 Å².